The molecule has 2 unspecified atom stereocenters. The van der Waals surface area contributed by atoms with E-state index < -0.39 is 0 Å². The molecule has 0 amide bonds. The van der Waals surface area contributed by atoms with Gasteiger partial charge in [0.15, 0.2) is 0 Å². The average molecular weight is 267 g/mol. The van der Waals surface area contributed by atoms with Crippen LogP contribution in [0.5, 0.6) is 0 Å². The Morgan fingerprint density at radius 2 is 1.53 bits per heavy atom. The van der Waals surface area contributed by atoms with Crippen LogP contribution >= 0.6 is 0 Å². The maximum absolute atomic E-state index is 6.54. The molecule has 2 aliphatic rings. The van der Waals surface area contributed by atoms with E-state index in [-0.39, 0.29) is 6.04 Å². The second-order valence-corrected chi connectivity index (χ2v) is 6.72. The minimum absolute atomic E-state index is 0.270. The van der Waals surface area contributed by atoms with Crippen molar-refractivity contribution in [3.63, 3.8) is 0 Å². The molecule has 2 N–H and O–H groups in total. The Labute approximate surface area is 119 Å². The summed E-state index contributed by atoms with van der Waals surface area (Å²) in [5.41, 5.74) is 6.54. The fourth-order valence-corrected chi connectivity index (χ4v) is 4.21. The number of hydrogen-bond donors (Lipinski definition) is 1. The van der Waals surface area contributed by atoms with Crippen LogP contribution in [0.2, 0.25) is 0 Å². The predicted octanol–water partition coefficient (Wildman–Crippen LogP) is 4.27. The Kier molecular flexibility index (Phi) is 6.66. The first kappa shape index (κ1) is 15.3. The molecule has 0 bridgehead atoms. The third kappa shape index (κ3) is 4.75. The van der Waals surface area contributed by atoms with Gasteiger partial charge < -0.3 is 10.5 Å². The summed E-state index contributed by atoms with van der Waals surface area (Å²) >= 11 is 0. The third-order valence-electron chi connectivity index (χ3n) is 5.23. The van der Waals surface area contributed by atoms with Gasteiger partial charge in [-0.2, -0.15) is 0 Å². The number of rotatable bonds is 6. The monoisotopic (exact) mass is 267 g/mol. The van der Waals surface area contributed by atoms with Gasteiger partial charge in [-0.15, -0.1) is 0 Å². The molecule has 2 rings (SSSR count). The van der Waals surface area contributed by atoms with Crippen molar-refractivity contribution in [3.8, 4) is 0 Å². The SMILES string of the molecule is CCOC(C(N)CC1CCCCC1)C1CCCCC1. The summed E-state index contributed by atoms with van der Waals surface area (Å²) in [6.07, 6.45) is 15.4. The van der Waals surface area contributed by atoms with Crippen LogP contribution in [0.25, 0.3) is 0 Å². The van der Waals surface area contributed by atoms with E-state index in [1.165, 1.54) is 70.6 Å². The van der Waals surface area contributed by atoms with Crippen molar-refractivity contribution < 1.29 is 4.74 Å². The quantitative estimate of drug-likeness (QED) is 0.780. The van der Waals surface area contributed by atoms with E-state index in [0.717, 1.165) is 18.4 Å². The van der Waals surface area contributed by atoms with Gasteiger partial charge in [0.05, 0.1) is 6.10 Å². The van der Waals surface area contributed by atoms with Crippen molar-refractivity contribution in [2.75, 3.05) is 6.61 Å². The molecule has 112 valence electrons. The first-order chi connectivity index (χ1) is 9.31. The predicted molar refractivity (Wildman–Crippen MR) is 81.2 cm³/mol. The van der Waals surface area contributed by atoms with Crippen molar-refractivity contribution in [2.24, 2.45) is 17.6 Å². The van der Waals surface area contributed by atoms with E-state index in [1.807, 2.05) is 0 Å². The smallest absolute Gasteiger partial charge is 0.0753 e. The maximum atomic E-state index is 6.54. The van der Waals surface area contributed by atoms with Gasteiger partial charge in [0.2, 0.25) is 0 Å². The molecular formula is C17H33NO. The molecular weight excluding hydrogens is 234 g/mol. The molecule has 2 saturated carbocycles. The van der Waals surface area contributed by atoms with Gasteiger partial charge in [-0.25, -0.2) is 0 Å². The lowest BCUT2D eigenvalue weighted by molar-refractivity contribution is -0.0149. The second-order valence-electron chi connectivity index (χ2n) is 6.72. The third-order valence-corrected chi connectivity index (χ3v) is 5.23. The van der Waals surface area contributed by atoms with Crippen LogP contribution in [0.1, 0.15) is 77.6 Å². The van der Waals surface area contributed by atoms with Gasteiger partial charge in [0.25, 0.3) is 0 Å². The molecule has 0 saturated heterocycles. The van der Waals surface area contributed by atoms with Gasteiger partial charge in [0, 0.05) is 12.6 Å². The molecule has 0 aliphatic heterocycles. The summed E-state index contributed by atoms with van der Waals surface area (Å²) in [6, 6.07) is 0.270. The van der Waals surface area contributed by atoms with Crippen molar-refractivity contribution in [1.29, 1.82) is 0 Å². The second kappa shape index (κ2) is 8.26. The van der Waals surface area contributed by atoms with E-state index in [0.29, 0.717) is 6.10 Å². The van der Waals surface area contributed by atoms with E-state index in [2.05, 4.69) is 6.92 Å². The number of nitrogens with two attached hydrogens (primary N) is 1. The zero-order valence-electron chi connectivity index (χ0n) is 12.8. The number of ether oxygens (including phenoxy) is 1. The summed E-state index contributed by atoms with van der Waals surface area (Å²) in [7, 11) is 0. The van der Waals surface area contributed by atoms with Gasteiger partial charge in [-0.1, -0.05) is 51.4 Å². The highest BCUT2D eigenvalue weighted by Gasteiger charge is 2.30. The molecule has 0 spiro atoms. The molecule has 0 heterocycles. The summed E-state index contributed by atoms with van der Waals surface area (Å²) < 4.78 is 6.06. The fourth-order valence-electron chi connectivity index (χ4n) is 4.21. The van der Waals surface area contributed by atoms with Crippen LogP contribution in [-0.2, 0) is 4.74 Å². The van der Waals surface area contributed by atoms with Gasteiger partial charge >= 0.3 is 0 Å². The molecule has 2 fully saturated rings. The Balaban J connectivity index is 1.85. The van der Waals surface area contributed by atoms with Crippen molar-refractivity contribution >= 4 is 0 Å². The van der Waals surface area contributed by atoms with E-state index in [9.17, 15) is 0 Å². The Morgan fingerprint density at radius 1 is 0.947 bits per heavy atom. The Bertz CT molecular complexity index is 231. The summed E-state index contributed by atoms with van der Waals surface area (Å²) in [5, 5.41) is 0. The lowest BCUT2D eigenvalue weighted by Crippen LogP contribution is -2.44. The molecule has 19 heavy (non-hydrogen) atoms. The van der Waals surface area contributed by atoms with Crippen LogP contribution in [-0.4, -0.2) is 18.8 Å². The summed E-state index contributed by atoms with van der Waals surface area (Å²) in [4.78, 5) is 0. The van der Waals surface area contributed by atoms with Crippen molar-refractivity contribution in [1.82, 2.24) is 0 Å². The van der Waals surface area contributed by atoms with Gasteiger partial charge in [-0.3, -0.25) is 0 Å². The molecule has 2 atom stereocenters. The molecule has 2 aliphatic carbocycles. The highest BCUT2D eigenvalue weighted by Crippen LogP contribution is 2.33. The Hall–Kier alpha value is -0.0800. The molecule has 0 aromatic rings. The molecule has 2 nitrogen and oxygen atoms in total. The van der Waals surface area contributed by atoms with Crippen molar-refractivity contribution in [2.45, 2.75) is 89.7 Å². The van der Waals surface area contributed by atoms with E-state index >= 15 is 0 Å². The minimum atomic E-state index is 0.270. The maximum Gasteiger partial charge on any atom is 0.0753 e. The lowest BCUT2D eigenvalue weighted by atomic mass is 9.78. The largest absolute Gasteiger partial charge is 0.377 e. The highest BCUT2D eigenvalue weighted by molar-refractivity contribution is 4.85. The lowest BCUT2D eigenvalue weighted by Gasteiger charge is -2.36. The van der Waals surface area contributed by atoms with Crippen LogP contribution in [0.15, 0.2) is 0 Å². The average Bonchev–Trinajstić information content (AvgIpc) is 2.46. The molecule has 0 aromatic heterocycles. The number of hydrogen-bond acceptors (Lipinski definition) is 2. The highest BCUT2D eigenvalue weighted by atomic mass is 16.5. The normalized spacial score (nSPS) is 26.2. The van der Waals surface area contributed by atoms with Crippen LogP contribution in [0, 0.1) is 11.8 Å². The van der Waals surface area contributed by atoms with Gasteiger partial charge in [0.1, 0.15) is 0 Å². The molecule has 2 heteroatoms. The first-order valence-corrected chi connectivity index (χ1v) is 8.68. The van der Waals surface area contributed by atoms with Crippen LogP contribution in [0.3, 0.4) is 0 Å². The zero-order valence-corrected chi connectivity index (χ0v) is 12.8. The molecule has 0 aromatic carbocycles. The summed E-state index contributed by atoms with van der Waals surface area (Å²) in [6.45, 7) is 2.93. The minimum Gasteiger partial charge on any atom is -0.377 e. The topological polar surface area (TPSA) is 35.2 Å². The summed E-state index contributed by atoms with van der Waals surface area (Å²) in [5.74, 6) is 1.60. The molecule has 0 radical (unpaired) electrons. The first-order valence-electron chi connectivity index (χ1n) is 8.68. The fraction of sp³-hybridized carbons (Fsp3) is 1.00. The van der Waals surface area contributed by atoms with E-state index in [1.54, 1.807) is 0 Å². The Morgan fingerprint density at radius 3 is 2.11 bits per heavy atom. The van der Waals surface area contributed by atoms with Crippen LogP contribution < -0.4 is 5.73 Å². The van der Waals surface area contributed by atoms with E-state index in [4.69, 9.17) is 10.5 Å². The van der Waals surface area contributed by atoms with Crippen LogP contribution in [0.4, 0.5) is 0 Å². The van der Waals surface area contributed by atoms with Gasteiger partial charge in [-0.05, 0) is 38.0 Å². The zero-order chi connectivity index (χ0) is 13.5. The standard InChI is InChI=1S/C17H33NO/c1-2-19-17(15-11-7-4-8-12-15)16(18)13-14-9-5-3-6-10-14/h14-17H,2-13,18H2,1H3. The van der Waals surface area contributed by atoms with Crippen molar-refractivity contribution in [3.05, 3.63) is 0 Å².